The molecule has 0 spiro atoms. The summed E-state index contributed by atoms with van der Waals surface area (Å²) in [6.45, 7) is 1.72. The van der Waals surface area contributed by atoms with Gasteiger partial charge in [0.15, 0.2) is 0 Å². The van der Waals surface area contributed by atoms with Crippen molar-refractivity contribution in [3.8, 4) is 0 Å². The number of carbonyl (C=O) groups is 2. The summed E-state index contributed by atoms with van der Waals surface area (Å²) in [6.07, 6.45) is 2.84. The molecule has 1 atom stereocenters. The van der Waals surface area contributed by atoms with Crippen molar-refractivity contribution in [1.29, 1.82) is 0 Å². The van der Waals surface area contributed by atoms with E-state index in [0.29, 0.717) is 32.5 Å². The van der Waals surface area contributed by atoms with Crippen LogP contribution < -0.4 is 0 Å². The number of carboxylic acid groups (broad SMARTS) is 1. The lowest BCUT2D eigenvalue weighted by Crippen LogP contribution is -2.49. The zero-order valence-corrected chi connectivity index (χ0v) is 10.4. The second-order valence-corrected chi connectivity index (χ2v) is 5.05. The maximum atomic E-state index is 12.2. The summed E-state index contributed by atoms with van der Waals surface area (Å²) in [5, 5.41) is 18.1. The average molecular weight is 256 g/mol. The van der Waals surface area contributed by atoms with Gasteiger partial charge in [0.2, 0.25) is 0 Å². The Bertz CT molecular complexity index is 326. The maximum Gasteiger partial charge on any atom is 0.320 e. The van der Waals surface area contributed by atoms with Gasteiger partial charge in [0, 0.05) is 19.6 Å². The number of likely N-dealkylation sites (tertiary alicyclic amines) is 2. The first-order valence-electron chi connectivity index (χ1n) is 6.52. The SMILES string of the molecule is O=C(O)C1CCN(C(=O)N2CCCC2CO)CC1. The highest BCUT2D eigenvalue weighted by Crippen LogP contribution is 2.22. The summed E-state index contributed by atoms with van der Waals surface area (Å²) < 4.78 is 0. The van der Waals surface area contributed by atoms with E-state index in [4.69, 9.17) is 5.11 Å². The van der Waals surface area contributed by atoms with Crippen molar-refractivity contribution >= 4 is 12.0 Å². The van der Waals surface area contributed by atoms with Gasteiger partial charge in [-0.3, -0.25) is 4.79 Å². The van der Waals surface area contributed by atoms with E-state index in [-0.39, 0.29) is 24.6 Å². The number of aliphatic carboxylic acids is 1. The minimum Gasteiger partial charge on any atom is -0.481 e. The quantitative estimate of drug-likeness (QED) is 0.747. The molecular formula is C12H20N2O4. The van der Waals surface area contributed by atoms with E-state index in [2.05, 4.69) is 0 Å². The lowest BCUT2D eigenvalue weighted by molar-refractivity contribution is -0.143. The van der Waals surface area contributed by atoms with Gasteiger partial charge < -0.3 is 20.0 Å². The van der Waals surface area contributed by atoms with Crippen molar-refractivity contribution in [3.63, 3.8) is 0 Å². The molecule has 0 aliphatic carbocycles. The molecule has 0 radical (unpaired) electrons. The third-order valence-electron chi connectivity index (χ3n) is 3.95. The van der Waals surface area contributed by atoms with Gasteiger partial charge in [0.25, 0.3) is 0 Å². The summed E-state index contributed by atoms with van der Waals surface area (Å²) in [6, 6.07) is -0.106. The first kappa shape index (κ1) is 13.1. The molecule has 0 aromatic carbocycles. The van der Waals surface area contributed by atoms with Crippen LogP contribution in [-0.4, -0.2) is 64.3 Å². The van der Waals surface area contributed by atoms with Crippen LogP contribution in [0.3, 0.4) is 0 Å². The molecule has 2 aliphatic heterocycles. The number of aliphatic hydroxyl groups excluding tert-OH is 1. The molecular weight excluding hydrogens is 236 g/mol. The number of rotatable bonds is 2. The Hall–Kier alpha value is -1.30. The number of carbonyl (C=O) groups excluding carboxylic acids is 1. The molecule has 6 heteroatoms. The van der Waals surface area contributed by atoms with Crippen LogP contribution in [0, 0.1) is 5.92 Å². The molecule has 0 aromatic rings. The third-order valence-corrected chi connectivity index (χ3v) is 3.95. The zero-order chi connectivity index (χ0) is 13.1. The highest BCUT2D eigenvalue weighted by molar-refractivity contribution is 5.76. The second kappa shape index (κ2) is 5.56. The third kappa shape index (κ3) is 2.58. The molecule has 2 rings (SSSR count). The van der Waals surface area contributed by atoms with Crippen LogP contribution in [0.2, 0.25) is 0 Å². The van der Waals surface area contributed by atoms with Gasteiger partial charge in [-0.05, 0) is 25.7 Å². The maximum absolute atomic E-state index is 12.2. The lowest BCUT2D eigenvalue weighted by Gasteiger charge is -2.35. The molecule has 6 nitrogen and oxygen atoms in total. The van der Waals surface area contributed by atoms with Crippen LogP contribution >= 0.6 is 0 Å². The highest BCUT2D eigenvalue weighted by atomic mass is 16.4. The predicted molar refractivity (Wildman–Crippen MR) is 64.1 cm³/mol. The number of urea groups is 1. The molecule has 2 fully saturated rings. The number of hydrogen-bond acceptors (Lipinski definition) is 3. The predicted octanol–water partition coefficient (Wildman–Crippen LogP) is 0.360. The Kier molecular flexibility index (Phi) is 4.06. The van der Waals surface area contributed by atoms with Gasteiger partial charge in [-0.15, -0.1) is 0 Å². The molecule has 0 bridgehead atoms. The molecule has 18 heavy (non-hydrogen) atoms. The van der Waals surface area contributed by atoms with Crippen LogP contribution in [0.15, 0.2) is 0 Å². The monoisotopic (exact) mass is 256 g/mol. The highest BCUT2D eigenvalue weighted by Gasteiger charge is 2.34. The molecule has 1 unspecified atom stereocenters. The first-order valence-corrected chi connectivity index (χ1v) is 6.52. The van der Waals surface area contributed by atoms with Gasteiger partial charge >= 0.3 is 12.0 Å². The van der Waals surface area contributed by atoms with Gasteiger partial charge in [0.1, 0.15) is 0 Å². The molecule has 2 amide bonds. The van der Waals surface area contributed by atoms with Crippen LogP contribution in [0.4, 0.5) is 4.79 Å². The first-order chi connectivity index (χ1) is 8.63. The zero-order valence-electron chi connectivity index (χ0n) is 10.4. The smallest absolute Gasteiger partial charge is 0.320 e. The van der Waals surface area contributed by atoms with Crippen LogP contribution in [0.1, 0.15) is 25.7 Å². The fourth-order valence-electron chi connectivity index (χ4n) is 2.78. The van der Waals surface area contributed by atoms with E-state index < -0.39 is 5.97 Å². The van der Waals surface area contributed by atoms with E-state index in [9.17, 15) is 14.7 Å². The van der Waals surface area contributed by atoms with Crippen LogP contribution in [-0.2, 0) is 4.79 Å². The fourth-order valence-corrected chi connectivity index (χ4v) is 2.78. The molecule has 0 saturated carbocycles. The van der Waals surface area contributed by atoms with Crippen molar-refractivity contribution in [1.82, 2.24) is 9.80 Å². The number of hydrogen-bond donors (Lipinski definition) is 2. The Labute approximate surface area is 106 Å². The number of piperidine rings is 1. The van der Waals surface area contributed by atoms with E-state index in [1.165, 1.54) is 0 Å². The topological polar surface area (TPSA) is 81.1 Å². The normalized spacial score (nSPS) is 25.5. The second-order valence-electron chi connectivity index (χ2n) is 5.05. The van der Waals surface area contributed by atoms with E-state index in [1.54, 1.807) is 9.80 Å². The van der Waals surface area contributed by atoms with E-state index in [1.807, 2.05) is 0 Å². The minimum atomic E-state index is -0.767. The Morgan fingerprint density at radius 2 is 1.78 bits per heavy atom. The van der Waals surface area contributed by atoms with E-state index in [0.717, 1.165) is 12.8 Å². The summed E-state index contributed by atoms with van der Waals surface area (Å²) >= 11 is 0. The number of amides is 2. The Balaban J connectivity index is 1.89. The van der Waals surface area contributed by atoms with Crippen molar-refractivity contribution in [2.45, 2.75) is 31.7 Å². The average Bonchev–Trinajstić information content (AvgIpc) is 2.86. The van der Waals surface area contributed by atoms with Gasteiger partial charge in [-0.1, -0.05) is 0 Å². The number of aliphatic hydroxyl groups is 1. The number of carboxylic acids is 1. The Morgan fingerprint density at radius 1 is 1.11 bits per heavy atom. The molecule has 2 aliphatic rings. The molecule has 2 heterocycles. The lowest BCUT2D eigenvalue weighted by atomic mass is 9.97. The van der Waals surface area contributed by atoms with Crippen molar-refractivity contribution < 1.29 is 19.8 Å². The fraction of sp³-hybridized carbons (Fsp3) is 0.833. The summed E-state index contributed by atoms with van der Waals surface area (Å²) in [7, 11) is 0. The van der Waals surface area contributed by atoms with Gasteiger partial charge in [-0.25, -0.2) is 4.79 Å². The van der Waals surface area contributed by atoms with Gasteiger partial charge in [-0.2, -0.15) is 0 Å². The van der Waals surface area contributed by atoms with Crippen molar-refractivity contribution in [2.24, 2.45) is 5.92 Å². The minimum absolute atomic E-state index is 0.0112. The molecule has 102 valence electrons. The van der Waals surface area contributed by atoms with Crippen molar-refractivity contribution in [2.75, 3.05) is 26.2 Å². The molecule has 2 saturated heterocycles. The van der Waals surface area contributed by atoms with E-state index >= 15 is 0 Å². The van der Waals surface area contributed by atoms with Crippen LogP contribution in [0.25, 0.3) is 0 Å². The summed E-state index contributed by atoms with van der Waals surface area (Å²) in [5.74, 6) is -1.09. The summed E-state index contributed by atoms with van der Waals surface area (Å²) in [5.41, 5.74) is 0. The molecule has 0 aromatic heterocycles. The molecule has 2 N–H and O–H groups in total. The van der Waals surface area contributed by atoms with Crippen LogP contribution in [0.5, 0.6) is 0 Å². The Morgan fingerprint density at radius 3 is 2.33 bits per heavy atom. The largest absolute Gasteiger partial charge is 0.481 e. The standard InChI is InChI=1S/C12H20N2O4/c15-8-10-2-1-5-14(10)12(18)13-6-3-9(4-7-13)11(16)17/h9-10,15H,1-8H2,(H,16,17). The summed E-state index contributed by atoms with van der Waals surface area (Å²) in [4.78, 5) is 26.5. The number of nitrogens with zero attached hydrogens (tertiary/aromatic N) is 2. The van der Waals surface area contributed by atoms with Gasteiger partial charge in [0.05, 0.1) is 18.6 Å². The van der Waals surface area contributed by atoms with Crippen molar-refractivity contribution in [3.05, 3.63) is 0 Å².